The molecule has 0 aliphatic heterocycles. The highest BCUT2D eigenvalue weighted by Gasteiger charge is 2.41. The van der Waals surface area contributed by atoms with Crippen molar-refractivity contribution in [3.63, 3.8) is 0 Å². The molecule has 0 amide bonds. The summed E-state index contributed by atoms with van der Waals surface area (Å²) in [5.41, 5.74) is 5.14. The predicted octanol–water partition coefficient (Wildman–Crippen LogP) is 3.89. The van der Waals surface area contributed by atoms with Crippen LogP contribution in [-0.4, -0.2) is 11.6 Å². The molecule has 0 saturated heterocycles. The third kappa shape index (κ3) is 2.39. The summed E-state index contributed by atoms with van der Waals surface area (Å²) in [6.07, 6.45) is 3.03. The van der Waals surface area contributed by atoms with E-state index < -0.39 is 0 Å². The fourth-order valence-corrected chi connectivity index (χ4v) is 3.35. The quantitative estimate of drug-likeness (QED) is 0.731. The van der Waals surface area contributed by atoms with Crippen LogP contribution < -0.4 is 0 Å². The Kier molecular flexibility index (Phi) is 3.40. The van der Waals surface area contributed by atoms with Gasteiger partial charge in [-0.1, -0.05) is 41.0 Å². The first-order valence-corrected chi connectivity index (χ1v) is 7.49. The molecule has 108 valence electrons. The molecule has 0 fully saturated rings. The van der Waals surface area contributed by atoms with E-state index in [1.807, 2.05) is 31.2 Å². The molecular formula is C19H20O2. The zero-order chi connectivity index (χ0) is 15.1. The largest absolute Gasteiger partial charge is 0.294 e. The zero-order valence-corrected chi connectivity index (χ0v) is 12.8. The first kappa shape index (κ1) is 14.0. The Hall–Kier alpha value is -1.96. The van der Waals surface area contributed by atoms with Crippen LogP contribution in [0.3, 0.4) is 0 Å². The van der Waals surface area contributed by atoms with Crippen molar-refractivity contribution in [3.05, 3.63) is 52.6 Å². The van der Waals surface area contributed by atoms with Crippen LogP contribution in [0.15, 0.2) is 41.5 Å². The summed E-state index contributed by atoms with van der Waals surface area (Å²) in [7, 11) is 0. The number of ketones is 2. The average molecular weight is 280 g/mol. The number of Topliss-reactive ketones (excluding diaryl/α,β-unsaturated/α-hetero) is 1. The van der Waals surface area contributed by atoms with E-state index in [1.165, 1.54) is 11.1 Å². The van der Waals surface area contributed by atoms with E-state index in [1.54, 1.807) is 6.08 Å². The number of fused-ring (bicyclic) bond motifs is 1. The first-order valence-electron chi connectivity index (χ1n) is 7.49. The van der Waals surface area contributed by atoms with E-state index in [0.717, 1.165) is 24.0 Å². The molecule has 0 bridgehead atoms. The van der Waals surface area contributed by atoms with Crippen molar-refractivity contribution in [2.24, 2.45) is 11.8 Å². The van der Waals surface area contributed by atoms with Gasteiger partial charge in [0.25, 0.3) is 0 Å². The lowest BCUT2D eigenvalue weighted by Gasteiger charge is -2.34. The number of carbonyl (C=O) groups excluding carboxylic acids is 2. The van der Waals surface area contributed by atoms with E-state index in [2.05, 4.69) is 13.8 Å². The summed E-state index contributed by atoms with van der Waals surface area (Å²) in [4.78, 5) is 25.2. The van der Waals surface area contributed by atoms with Crippen molar-refractivity contribution in [1.29, 1.82) is 0 Å². The third-order valence-electron chi connectivity index (χ3n) is 4.88. The number of hydrogen-bond donors (Lipinski definition) is 0. The molecule has 0 heterocycles. The van der Waals surface area contributed by atoms with Crippen molar-refractivity contribution in [3.8, 4) is 0 Å². The summed E-state index contributed by atoms with van der Waals surface area (Å²) in [5.74, 6) is -0.0600. The van der Waals surface area contributed by atoms with Crippen molar-refractivity contribution < 1.29 is 9.59 Å². The Morgan fingerprint density at radius 3 is 2.05 bits per heavy atom. The minimum Gasteiger partial charge on any atom is -0.294 e. The van der Waals surface area contributed by atoms with Gasteiger partial charge in [-0.15, -0.1) is 0 Å². The normalized spacial score (nSPS) is 25.8. The minimum atomic E-state index is -0.164. The topological polar surface area (TPSA) is 34.1 Å². The number of rotatable bonds is 1. The predicted molar refractivity (Wildman–Crippen MR) is 83.8 cm³/mol. The second-order valence-corrected chi connectivity index (χ2v) is 6.37. The SMILES string of the molecule is CC1=C(C)C[C@H]2C(=O)C(c3ccc(C)cc3)=CC(=O)[C@H]2C1. The number of benzene rings is 1. The lowest BCUT2D eigenvalue weighted by atomic mass is 9.67. The smallest absolute Gasteiger partial charge is 0.167 e. The van der Waals surface area contributed by atoms with Crippen LogP contribution in [0.2, 0.25) is 0 Å². The number of allylic oxidation sites excluding steroid dienone is 4. The maximum Gasteiger partial charge on any atom is 0.167 e. The second kappa shape index (κ2) is 5.10. The highest BCUT2D eigenvalue weighted by atomic mass is 16.1. The van der Waals surface area contributed by atoms with Crippen molar-refractivity contribution in [1.82, 2.24) is 0 Å². The van der Waals surface area contributed by atoms with Crippen LogP contribution in [0.5, 0.6) is 0 Å². The average Bonchev–Trinajstić information content (AvgIpc) is 2.46. The summed E-state index contributed by atoms with van der Waals surface area (Å²) in [6, 6.07) is 7.83. The molecule has 1 aromatic rings. The molecule has 0 aromatic heterocycles. The van der Waals surface area contributed by atoms with Gasteiger partial charge in [0.2, 0.25) is 0 Å². The summed E-state index contributed by atoms with van der Waals surface area (Å²) in [6.45, 7) is 6.16. The van der Waals surface area contributed by atoms with E-state index in [4.69, 9.17) is 0 Å². The van der Waals surface area contributed by atoms with Gasteiger partial charge in [0, 0.05) is 17.4 Å². The van der Waals surface area contributed by atoms with E-state index >= 15 is 0 Å². The minimum absolute atomic E-state index is 0.113. The standard InChI is InChI=1S/C19H20O2/c1-11-4-6-14(7-5-11)15-10-18(20)16-8-12(2)13(3)9-17(16)19(15)21/h4-7,10,16-17H,8-9H2,1-3H3/t16-,17+/m0/s1. The van der Waals surface area contributed by atoms with Gasteiger partial charge in [-0.25, -0.2) is 0 Å². The maximum absolute atomic E-state index is 12.8. The van der Waals surface area contributed by atoms with Crippen LogP contribution in [-0.2, 0) is 9.59 Å². The molecule has 1 aromatic carbocycles. The number of aryl methyl sites for hydroxylation is 1. The molecule has 3 rings (SSSR count). The Morgan fingerprint density at radius 2 is 1.43 bits per heavy atom. The molecule has 0 radical (unpaired) electrons. The van der Waals surface area contributed by atoms with Gasteiger partial charge in [-0.05, 0) is 45.3 Å². The van der Waals surface area contributed by atoms with Gasteiger partial charge in [-0.3, -0.25) is 9.59 Å². The molecule has 2 aliphatic carbocycles. The highest BCUT2D eigenvalue weighted by Crippen LogP contribution is 2.41. The number of carbonyl (C=O) groups is 2. The fourth-order valence-electron chi connectivity index (χ4n) is 3.35. The second-order valence-electron chi connectivity index (χ2n) is 6.37. The molecule has 0 saturated carbocycles. The fraction of sp³-hybridized carbons (Fsp3) is 0.368. The molecule has 0 spiro atoms. The Balaban J connectivity index is 1.99. The van der Waals surface area contributed by atoms with Gasteiger partial charge >= 0.3 is 0 Å². The van der Waals surface area contributed by atoms with Crippen molar-refractivity contribution in [2.45, 2.75) is 33.6 Å². The van der Waals surface area contributed by atoms with Gasteiger partial charge in [-0.2, -0.15) is 0 Å². The molecule has 2 atom stereocenters. The zero-order valence-electron chi connectivity index (χ0n) is 12.8. The highest BCUT2D eigenvalue weighted by molar-refractivity contribution is 6.29. The molecular weight excluding hydrogens is 260 g/mol. The molecule has 0 unspecified atom stereocenters. The molecule has 0 N–H and O–H groups in total. The number of hydrogen-bond acceptors (Lipinski definition) is 2. The van der Waals surface area contributed by atoms with Crippen molar-refractivity contribution >= 4 is 17.1 Å². The first-order chi connectivity index (χ1) is 9.97. The lowest BCUT2D eigenvalue weighted by Crippen LogP contribution is -2.36. The Labute approximate surface area is 125 Å². The third-order valence-corrected chi connectivity index (χ3v) is 4.88. The Bertz CT molecular complexity index is 674. The van der Waals surface area contributed by atoms with Gasteiger partial charge < -0.3 is 0 Å². The van der Waals surface area contributed by atoms with Gasteiger partial charge in [0.15, 0.2) is 11.6 Å². The van der Waals surface area contributed by atoms with Crippen molar-refractivity contribution in [2.75, 3.05) is 0 Å². The Morgan fingerprint density at radius 1 is 0.857 bits per heavy atom. The van der Waals surface area contributed by atoms with Crippen LogP contribution in [0, 0.1) is 18.8 Å². The van der Waals surface area contributed by atoms with E-state index in [-0.39, 0.29) is 23.4 Å². The molecule has 21 heavy (non-hydrogen) atoms. The van der Waals surface area contributed by atoms with E-state index in [0.29, 0.717) is 5.57 Å². The van der Waals surface area contributed by atoms with Crippen LogP contribution in [0.4, 0.5) is 0 Å². The van der Waals surface area contributed by atoms with Crippen LogP contribution >= 0.6 is 0 Å². The van der Waals surface area contributed by atoms with Gasteiger partial charge in [0.05, 0.1) is 0 Å². The molecule has 2 nitrogen and oxygen atoms in total. The van der Waals surface area contributed by atoms with Crippen LogP contribution in [0.1, 0.15) is 37.8 Å². The van der Waals surface area contributed by atoms with Crippen LogP contribution in [0.25, 0.3) is 5.57 Å². The lowest BCUT2D eigenvalue weighted by molar-refractivity contribution is -0.128. The monoisotopic (exact) mass is 280 g/mol. The molecule has 2 heteroatoms. The molecule has 2 aliphatic rings. The van der Waals surface area contributed by atoms with Gasteiger partial charge in [0.1, 0.15) is 0 Å². The maximum atomic E-state index is 12.8. The summed E-state index contributed by atoms with van der Waals surface area (Å²) in [5, 5.41) is 0. The van der Waals surface area contributed by atoms with E-state index in [9.17, 15) is 9.59 Å². The summed E-state index contributed by atoms with van der Waals surface area (Å²) >= 11 is 0. The summed E-state index contributed by atoms with van der Waals surface area (Å²) < 4.78 is 0.